The van der Waals surface area contributed by atoms with Gasteiger partial charge in [-0.15, -0.1) is 0 Å². The first kappa shape index (κ1) is 31.1. The van der Waals surface area contributed by atoms with E-state index in [-0.39, 0.29) is 23.3 Å². The van der Waals surface area contributed by atoms with E-state index >= 15 is 0 Å². The number of primary sulfonamides is 1. The molecule has 10 nitrogen and oxygen atoms in total. The Labute approximate surface area is 256 Å². The summed E-state index contributed by atoms with van der Waals surface area (Å²) in [5, 5.41) is 8.67. The van der Waals surface area contributed by atoms with Crippen molar-refractivity contribution in [3.63, 3.8) is 0 Å². The molecule has 5 rings (SSSR count). The number of carbonyl (C=O) groups excluding carboxylic acids is 2. The van der Waals surface area contributed by atoms with Gasteiger partial charge in [-0.05, 0) is 59.9 Å². The summed E-state index contributed by atoms with van der Waals surface area (Å²) in [4.78, 5) is 30.1. The predicted octanol–water partition coefficient (Wildman–Crippen LogP) is 3.44. The summed E-state index contributed by atoms with van der Waals surface area (Å²) in [6, 6.07) is 18.1. The number of hydrogen-bond donors (Lipinski definition) is 3. The van der Waals surface area contributed by atoms with Crippen molar-refractivity contribution in [3.8, 4) is 0 Å². The molecule has 1 heterocycles. The van der Waals surface area contributed by atoms with Gasteiger partial charge in [0.05, 0.1) is 23.1 Å². The number of amides is 2. The molecule has 0 aromatic heterocycles. The van der Waals surface area contributed by atoms with Gasteiger partial charge < -0.3 is 10.2 Å². The van der Waals surface area contributed by atoms with Crippen molar-refractivity contribution in [2.45, 2.75) is 61.2 Å². The van der Waals surface area contributed by atoms with Crippen molar-refractivity contribution in [2.24, 2.45) is 5.14 Å². The van der Waals surface area contributed by atoms with Crippen molar-refractivity contribution in [3.05, 3.63) is 100 Å². The normalized spacial score (nSPS) is 22.6. The Bertz CT molecular complexity index is 1730. The highest BCUT2D eigenvalue weighted by molar-refractivity contribution is 7.89. The third kappa shape index (κ3) is 6.94. The highest BCUT2D eigenvalue weighted by Gasteiger charge is 2.48. The molecule has 0 bridgehead atoms. The van der Waals surface area contributed by atoms with Crippen molar-refractivity contribution in [1.29, 1.82) is 0 Å². The number of halogens is 1. The molecule has 1 aliphatic heterocycles. The van der Waals surface area contributed by atoms with E-state index in [2.05, 4.69) is 10.0 Å². The third-order valence-electron chi connectivity index (χ3n) is 8.04. The Hall–Kier alpha value is -3.29. The average molecular weight is 645 g/mol. The van der Waals surface area contributed by atoms with Crippen molar-refractivity contribution in [1.82, 2.24) is 14.9 Å². The number of fused-ring (bicyclic) bond motifs is 1. The molecule has 0 unspecified atom stereocenters. The molecule has 1 saturated carbocycles. The molecule has 2 aliphatic rings. The number of benzene rings is 3. The van der Waals surface area contributed by atoms with Gasteiger partial charge in [-0.3, -0.25) is 9.59 Å². The molecule has 228 valence electrons. The van der Waals surface area contributed by atoms with Gasteiger partial charge >= 0.3 is 0 Å². The highest BCUT2D eigenvalue weighted by Crippen LogP contribution is 2.46. The van der Waals surface area contributed by atoms with Crippen LogP contribution in [0.3, 0.4) is 0 Å². The number of sulfonamides is 2. The minimum atomic E-state index is -3.86. The molecule has 0 radical (unpaired) electrons. The lowest BCUT2D eigenvalue weighted by molar-refractivity contribution is -0.124. The van der Waals surface area contributed by atoms with Crippen LogP contribution in [-0.4, -0.2) is 51.9 Å². The first-order valence-electron chi connectivity index (χ1n) is 13.9. The number of hydrogen-bond acceptors (Lipinski definition) is 6. The van der Waals surface area contributed by atoms with E-state index in [0.29, 0.717) is 40.1 Å². The Kier molecular flexibility index (Phi) is 8.96. The lowest BCUT2D eigenvalue weighted by Gasteiger charge is -2.49. The lowest BCUT2D eigenvalue weighted by Crippen LogP contribution is -2.59. The molecule has 3 aromatic rings. The molecule has 3 aromatic carbocycles. The minimum Gasteiger partial charge on any atom is -0.351 e. The molecule has 1 fully saturated rings. The smallest absolute Gasteiger partial charge is 0.255 e. The van der Waals surface area contributed by atoms with Gasteiger partial charge in [0.15, 0.2) is 0 Å². The zero-order valence-corrected chi connectivity index (χ0v) is 25.8. The number of nitrogens with zero attached hydrogens (tertiary/aromatic N) is 1. The van der Waals surface area contributed by atoms with E-state index < -0.39 is 44.1 Å². The van der Waals surface area contributed by atoms with Gasteiger partial charge in [0.1, 0.15) is 0 Å². The average Bonchev–Trinajstić information content (AvgIpc) is 2.96. The maximum atomic E-state index is 14.3. The molecule has 4 atom stereocenters. The molecule has 0 spiro atoms. The van der Waals surface area contributed by atoms with Gasteiger partial charge in [0.2, 0.25) is 26.0 Å². The quantitative estimate of drug-likeness (QED) is 0.341. The fourth-order valence-electron chi connectivity index (χ4n) is 6.17. The van der Waals surface area contributed by atoms with E-state index in [1.807, 2.05) is 0 Å². The number of carbonyl (C=O) groups is 2. The summed E-state index contributed by atoms with van der Waals surface area (Å²) >= 11 is 6.21. The summed E-state index contributed by atoms with van der Waals surface area (Å²) in [6.45, 7) is 0.103. The van der Waals surface area contributed by atoms with Crippen molar-refractivity contribution in [2.75, 3.05) is 6.26 Å². The second kappa shape index (κ2) is 12.4. The Morgan fingerprint density at radius 1 is 0.953 bits per heavy atom. The van der Waals surface area contributed by atoms with E-state index in [1.165, 1.54) is 12.1 Å². The number of rotatable bonds is 8. The fourth-order valence-corrected chi connectivity index (χ4v) is 7.63. The Balaban J connectivity index is 1.57. The van der Waals surface area contributed by atoms with E-state index in [1.54, 1.807) is 65.6 Å². The zero-order chi connectivity index (χ0) is 30.9. The summed E-state index contributed by atoms with van der Waals surface area (Å²) < 4.78 is 50.7. The number of nitrogens with one attached hydrogen (secondary N) is 2. The Morgan fingerprint density at radius 3 is 2.26 bits per heavy atom. The second-order valence-electron chi connectivity index (χ2n) is 11.0. The Morgan fingerprint density at radius 2 is 1.60 bits per heavy atom. The second-order valence-corrected chi connectivity index (χ2v) is 14.8. The molecule has 1 aliphatic carbocycles. The monoisotopic (exact) mass is 644 g/mol. The van der Waals surface area contributed by atoms with Crippen molar-refractivity contribution >= 4 is 43.5 Å². The summed E-state index contributed by atoms with van der Waals surface area (Å²) in [7, 11) is -7.43. The van der Waals surface area contributed by atoms with Gasteiger partial charge in [0, 0.05) is 29.2 Å². The SMILES string of the molecule is CS(=O)(=O)N[C@H]1CCCC[C@@H]1N1C(=O)c2ccccc2[C@@H](C(=O)NCc2ccc(S(N)(=O)=O)cc2)[C@@H]1c1ccc(Cl)cc1. The molecule has 4 N–H and O–H groups in total. The van der Waals surface area contributed by atoms with Gasteiger partial charge in [-0.1, -0.05) is 66.9 Å². The standard InChI is InChI=1S/C30H33ClN4O6S2/c1-42(38,39)34-25-8-4-5-9-26(25)35-28(20-12-14-21(31)15-13-20)27(23-6-2-3-7-24(23)30(35)37)29(36)33-18-19-10-16-22(17-11-19)43(32,40)41/h2-3,6-7,10-17,25-28,34H,4-5,8-9,18H2,1H3,(H,33,36)(H2,32,40,41)/t25-,26-,27+,28-/m0/s1. The topological polar surface area (TPSA) is 156 Å². The van der Waals surface area contributed by atoms with E-state index in [9.17, 15) is 26.4 Å². The van der Waals surface area contributed by atoms with Crippen LogP contribution in [0.2, 0.25) is 5.02 Å². The lowest BCUT2D eigenvalue weighted by atomic mass is 9.76. The number of nitrogens with two attached hydrogens (primary N) is 1. The van der Waals surface area contributed by atoms with Crippen LogP contribution in [0.25, 0.3) is 0 Å². The van der Waals surface area contributed by atoms with Gasteiger partial charge in [0.25, 0.3) is 5.91 Å². The predicted molar refractivity (Wildman–Crippen MR) is 163 cm³/mol. The van der Waals surface area contributed by atoms with E-state index in [4.69, 9.17) is 16.7 Å². The van der Waals surface area contributed by atoms with Crippen LogP contribution in [0, 0.1) is 0 Å². The first-order chi connectivity index (χ1) is 20.3. The first-order valence-corrected chi connectivity index (χ1v) is 17.7. The molecule has 13 heteroatoms. The summed E-state index contributed by atoms with van der Waals surface area (Å²) in [6.07, 6.45) is 3.84. The summed E-state index contributed by atoms with van der Waals surface area (Å²) in [5.74, 6) is -1.45. The molecular formula is C30H33ClN4O6S2. The van der Waals surface area contributed by atoms with Crippen LogP contribution < -0.4 is 15.2 Å². The third-order valence-corrected chi connectivity index (χ3v) is 9.95. The van der Waals surface area contributed by atoms with E-state index in [0.717, 1.165) is 19.1 Å². The molecule has 0 saturated heterocycles. The fraction of sp³-hybridized carbons (Fsp3) is 0.333. The summed E-state index contributed by atoms with van der Waals surface area (Å²) in [5.41, 5.74) is 2.29. The largest absolute Gasteiger partial charge is 0.351 e. The van der Waals surface area contributed by atoms with Crippen LogP contribution in [0.15, 0.2) is 77.7 Å². The van der Waals surface area contributed by atoms with Crippen LogP contribution in [0.5, 0.6) is 0 Å². The van der Waals surface area contributed by atoms with Crippen LogP contribution in [-0.2, 0) is 31.4 Å². The van der Waals surface area contributed by atoms with Crippen LogP contribution in [0.4, 0.5) is 0 Å². The van der Waals surface area contributed by atoms with Gasteiger partial charge in [-0.2, -0.15) is 0 Å². The minimum absolute atomic E-state index is 0.0366. The maximum absolute atomic E-state index is 14.3. The van der Waals surface area contributed by atoms with Crippen molar-refractivity contribution < 1.29 is 26.4 Å². The zero-order valence-electron chi connectivity index (χ0n) is 23.4. The maximum Gasteiger partial charge on any atom is 0.255 e. The van der Waals surface area contributed by atoms with Crippen LogP contribution >= 0.6 is 11.6 Å². The molecule has 2 amide bonds. The molecule has 43 heavy (non-hydrogen) atoms. The van der Waals surface area contributed by atoms with Crippen LogP contribution in [0.1, 0.15) is 64.7 Å². The highest BCUT2D eigenvalue weighted by atomic mass is 35.5. The van der Waals surface area contributed by atoms with Gasteiger partial charge in [-0.25, -0.2) is 26.7 Å². The molecular weight excluding hydrogens is 612 g/mol.